The van der Waals surface area contributed by atoms with Crippen LogP contribution in [0.2, 0.25) is 0 Å². The lowest BCUT2D eigenvalue weighted by atomic mass is 10.2. The topological polar surface area (TPSA) is 72.4 Å². The van der Waals surface area contributed by atoms with Crippen molar-refractivity contribution in [3.8, 4) is 0 Å². The van der Waals surface area contributed by atoms with E-state index in [-0.39, 0.29) is 5.56 Å². The molecule has 0 aliphatic heterocycles. The van der Waals surface area contributed by atoms with Crippen LogP contribution in [0.25, 0.3) is 0 Å². The van der Waals surface area contributed by atoms with Crippen molar-refractivity contribution in [2.45, 2.75) is 13.3 Å². The number of aromatic nitrogens is 1. The quantitative estimate of drug-likeness (QED) is 0.691. The van der Waals surface area contributed by atoms with E-state index < -0.39 is 11.6 Å². The van der Waals surface area contributed by atoms with Crippen LogP contribution in [0.1, 0.15) is 23.0 Å². The number of aryl methyl sites for hydroxylation is 1. The number of hydrogen-bond donors (Lipinski definition) is 1. The van der Waals surface area contributed by atoms with E-state index in [1.165, 1.54) is 11.8 Å². The molecule has 5 heteroatoms. The van der Waals surface area contributed by atoms with Gasteiger partial charge in [0.05, 0.1) is 5.69 Å². The predicted molar refractivity (Wildman–Crippen MR) is 40.3 cm³/mol. The summed E-state index contributed by atoms with van der Waals surface area (Å²) in [6, 6.07) is 0. The molecule has 1 N–H and O–H groups in total. The summed E-state index contributed by atoms with van der Waals surface area (Å²) in [6.07, 6.45) is 0.462. The van der Waals surface area contributed by atoms with Crippen LogP contribution in [-0.2, 0) is 13.5 Å². The molecule has 1 rings (SSSR count). The third kappa shape index (κ3) is 1.13. The van der Waals surface area contributed by atoms with Crippen molar-refractivity contribution >= 4 is 5.97 Å². The molecule has 1 aromatic rings. The van der Waals surface area contributed by atoms with Crippen molar-refractivity contribution in [1.29, 1.82) is 0 Å². The number of carbonyl (C=O) groups is 1. The van der Waals surface area contributed by atoms with Gasteiger partial charge in [0.1, 0.15) is 0 Å². The van der Waals surface area contributed by atoms with Gasteiger partial charge in [0.25, 0.3) is 0 Å². The second kappa shape index (κ2) is 2.84. The van der Waals surface area contributed by atoms with E-state index in [0.29, 0.717) is 12.1 Å². The smallest absolute Gasteiger partial charge is 0.372 e. The zero-order valence-corrected chi connectivity index (χ0v) is 6.83. The van der Waals surface area contributed by atoms with Crippen molar-refractivity contribution in [3.05, 3.63) is 21.7 Å². The van der Waals surface area contributed by atoms with E-state index in [1.807, 2.05) is 0 Å². The van der Waals surface area contributed by atoms with Gasteiger partial charge in [-0.05, 0) is 6.42 Å². The second-order valence-corrected chi connectivity index (χ2v) is 2.36. The Kier molecular flexibility index (Phi) is 2.03. The van der Waals surface area contributed by atoms with Crippen LogP contribution in [0.5, 0.6) is 0 Å². The Labute approximate surface area is 68.2 Å². The van der Waals surface area contributed by atoms with E-state index in [4.69, 9.17) is 5.11 Å². The third-order valence-electron chi connectivity index (χ3n) is 1.64. The summed E-state index contributed by atoms with van der Waals surface area (Å²) in [5.74, 6) is -1.24. The molecule has 0 radical (unpaired) electrons. The summed E-state index contributed by atoms with van der Waals surface area (Å²) in [6.45, 7) is 1.76. The van der Waals surface area contributed by atoms with Crippen LogP contribution >= 0.6 is 0 Å². The minimum Gasteiger partial charge on any atom is -0.477 e. The van der Waals surface area contributed by atoms with Gasteiger partial charge in [-0.15, -0.1) is 0 Å². The Bertz CT molecular complexity index is 360. The molecule has 0 bridgehead atoms. The third-order valence-corrected chi connectivity index (χ3v) is 1.64. The molecule has 0 atom stereocenters. The number of carboxylic acids is 1. The van der Waals surface area contributed by atoms with E-state index in [2.05, 4.69) is 4.52 Å². The standard InChI is InChI=1S/C7H9NO4/c1-3-4-5(6(9)10)7(11)12-8(4)2/h3H2,1-2H3,(H,9,10). The molecule has 0 aliphatic carbocycles. The van der Waals surface area contributed by atoms with Gasteiger partial charge >= 0.3 is 11.6 Å². The van der Waals surface area contributed by atoms with Crippen LogP contribution in [0, 0.1) is 0 Å². The monoisotopic (exact) mass is 171 g/mol. The molecule has 0 aromatic carbocycles. The molecule has 1 aromatic heterocycles. The number of nitrogens with zero attached hydrogens (tertiary/aromatic N) is 1. The molecule has 5 nitrogen and oxygen atoms in total. The fourth-order valence-corrected chi connectivity index (χ4v) is 1.11. The lowest BCUT2D eigenvalue weighted by Gasteiger charge is -1.95. The van der Waals surface area contributed by atoms with E-state index >= 15 is 0 Å². The van der Waals surface area contributed by atoms with Crippen molar-refractivity contribution in [3.63, 3.8) is 0 Å². The highest BCUT2D eigenvalue weighted by atomic mass is 16.5. The summed E-state index contributed by atoms with van der Waals surface area (Å²) < 4.78 is 5.76. The zero-order chi connectivity index (χ0) is 9.30. The van der Waals surface area contributed by atoms with Gasteiger partial charge in [-0.3, -0.25) is 0 Å². The molecule has 0 saturated carbocycles. The van der Waals surface area contributed by atoms with Gasteiger partial charge in [-0.2, -0.15) is 0 Å². The summed E-state index contributed by atoms with van der Waals surface area (Å²) in [7, 11) is 1.51. The highest BCUT2D eigenvalue weighted by molar-refractivity contribution is 5.88. The SMILES string of the molecule is CCc1c(C(=O)O)c(=O)on1C. The second-order valence-electron chi connectivity index (χ2n) is 2.36. The number of hydrogen-bond acceptors (Lipinski definition) is 3. The van der Waals surface area contributed by atoms with Crippen LogP contribution in [0.4, 0.5) is 0 Å². The van der Waals surface area contributed by atoms with Gasteiger partial charge in [-0.25, -0.2) is 14.3 Å². The molecule has 0 fully saturated rings. The fraction of sp³-hybridized carbons (Fsp3) is 0.429. The predicted octanol–water partition coefficient (Wildman–Crippen LogP) is 0.239. The van der Waals surface area contributed by atoms with Gasteiger partial charge in [0, 0.05) is 7.05 Å². The first-order chi connectivity index (χ1) is 5.57. The van der Waals surface area contributed by atoms with Crippen LogP contribution in [-0.4, -0.2) is 15.8 Å². The van der Waals surface area contributed by atoms with Crippen molar-refractivity contribution in [2.75, 3.05) is 0 Å². The van der Waals surface area contributed by atoms with E-state index in [9.17, 15) is 9.59 Å². The van der Waals surface area contributed by atoms with Crippen LogP contribution in [0.3, 0.4) is 0 Å². The van der Waals surface area contributed by atoms with Crippen LogP contribution < -0.4 is 5.63 Å². The van der Waals surface area contributed by atoms with Gasteiger partial charge < -0.3 is 9.63 Å². The molecule has 66 valence electrons. The zero-order valence-electron chi connectivity index (χ0n) is 6.83. The lowest BCUT2D eigenvalue weighted by molar-refractivity contribution is 0.0693. The molecular formula is C7H9NO4. The average Bonchev–Trinajstić information content (AvgIpc) is 2.24. The Morgan fingerprint density at radius 2 is 2.25 bits per heavy atom. The average molecular weight is 171 g/mol. The first kappa shape index (κ1) is 8.58. The maximum absolute atomic E-state index is 10.9. The molecule has 0 aliphatic rings. The Morgan fingerprint density at radius 1 is 1.67 bits per heavy atom. The van der Waals surface area contributed by atoms with Gasteiger partial charge in [0.15, 0.2) is 5.56 Å². The summed E-state index contributed by atoms with van der Waals surface area (Å²) >= 11 is 0. The number of aromatic carboxylic acids is 1. The van der Waals surface area contributed by atoms with Gasteiger partial charge in [0.2, 0.25) is 0 Å². The molecule has 0 unspecified atom stereocenters. The van der Waals surface area contributed by atoms with Crippen LogP contribution in [0.15, 0.2) is 9.32 Å². The molecular weight excluding hydrogens is 162 g/mol. The number of carboxylic acid groups (broad SMARTS) is 1. The maximum Gasteiger partial charge on any atom is 0.372 e. The Hall–Kier alpha value is -1.52. The molecule has 0 spiro atoms. The summed E-state index contributed by atoms with van der Waals surface area (Å²) in [5, 5.41) is 8.62. The summed E-state index contributed by atoms with van der Waals surface area (Å²) in [5.41, 5.74) is -0.644. The molecule has 0 amide bonds. The highest BCUT2D eigenvalue weighted by Crippen LogP contribution is 2.04. The Balaban J connectivity index is 3.43. The van der Waals surface area contributed by atoms with E-state index in [1.54, 1.807) is 6.92 Å². The number of rotatable bonds is 2. The lowest BCUT2D eigenvalue weighted by Crippen LogP contribution is -2.11. The minimum absolute atomic E-state index is 0.264. The van der Waals surface area contributed by atoms with Crippen molar-refractivity contribution < 1.29 is 14.4 Å². The maximum atomic E-state index is 10.9. The normalized spacial score (nSPS) is 10.2. The molecule has 0 saturated heterocycles. The van der Waals surface area contributed by atoms with Crippen molar-refractivity contribution in [1.82, 2.24) is 4.74 Å². The van der Waals surface area contributed by atoms with Crippen molar-refractivity contribution in [2.24, 2.45) is 7.05 Å². The van der Waals surface area contributed by atoms with E-state index in [0.717, 1.165) is 0 Å². The fourth-order valence-electron chi connectivity index (χ4n) is 1.11. The first-order valence-corrected chi connectivity index (χ1v) is 3.50. The molecule has 12 heavy (non-hydrogen) atoms. The largest absolute Gasteiger partial charge is 0.477 e. The molecule has 1 heterocycles. The summed E-state index contributed by atoms with van der Waals surface area (Å²) in [4.78, 5) is 21.4. The Morgan fingerprint density at radius 3 is 2.58 bits per heavy atom. The van der Waals surface area contributed by atoms with Gasteiger partial charge in [-0.1, -0.05) is 6.92 Å². The highest BCUT2D eigenvalue weighted by Gasteiger charge is 2.19. The first-order valence-electron chi connectivity index (χ1n) is 3.50. The minimum atomic E-state index is -1.24.